The van der Waals surface area contributed by atoms with E-state index in [1.807, 2.05) is 36.4 Å². The maximum Gasteiger partial charge on any atom is 0.490 e. The number of carboxylic acids is 1. The number of hydrogen-bond acceptors (Lipinski definition) is 5. The monoisotopic (exact) mass is 515 g/mol. The number of halogens is 3. The van der Waals surface area contributed by atoms with E-state index < -0.39 is 22.2 Å². The van der Waals surface area contributed by atoms with Crippen LogP contribution in [0.25, 0.3) is 0 Å². The number of piperidine rings is 1. The molecule has 3 rings (SSSR count). The highest BCUT2D eigenvalue weighted by Gasteiger charge is 2.38. The first kappa shape index (κ1) is 28.3. The van der Waals surface area contributed by atoms with E-state index in [1.165, 1.54) is 0 Å². The molecule has 2 atom stereocenters. The van der Waals surface area contributed by atoms with E-state index in [0.717, 1.165) is 17.4 Å². The second kappa shape index (κ2) is 12.7. The van der Waals surface area contributed by atoms with Crippen molar-refractivity contribution in [1.29, 1.82) is 0 Å². The van der Waals surface area contributed by atoms with Gasteiger partial charge in [-0.25, -0.2) is 17.9 Å². The van der Waals surface area contributed by atoms with E-state index in [0.29, 0.717) is 26.1 Å². The highest BCUT2D eigenvalue weighted by atomic mass is 32.2. The van der Waals surface area contributed by atoms with E-state index in [4.69, 9.17) is 9.90 Å². The molecule has 0 spiro atoms. The van der Waals surface area contributed by atoms with E-state index in [2.05, 4.69) is 39.6 Å². The van der Waals surface area contributed by atoms with Gasteiger partial charge in [0.2, 0.25) is 15.9 Å². The molecule has 1 aliphatic heterocycles. The summed E-state index contributed by atoms with van der Waals surface area (Å²) in [4.78, 5) is 21.6. The Kier molecular flexibility index (Phi) is 10.2. The summed E-state index contributed by atoms with van der Waals surface area (Å²) in [6.07, 6.45) is -3.45. The summed E-state index contributed by atoms with van der Waals surface area (Å²) in [5.74, 6) is -3.01. The van der Waals surface area contributed by atoms with Gasteiger partial charge in [-0.1, -0.05) is 60.7 Å². The number of amides is 1. The summed E-state index contributed by atoms with van der Waals surface area (Å²) >= 11 is 0. The lowest BCUT2D eigenvalue weighted by Crippen LogP contribution is -2.52. The first-order valence-electron chi connectivity index (χ1n) is 10.7. The molecule has 0 radical (unpaired) electrons. The van der Waals surface area contributed by atoms with Crippen molar-refractivity contribution in [1.82, 2.24) is 15.4 Å². The van der Waals surface area contributed by atoms with Crippen LogP contribution in [-0.2, 0) is 19.6 Å². The average Bonchev–Trinajstić information content (AvgIpc) is 2.79. The van der Waals surface area contributed by atoms with Crippen LogP contribution >= 0.6 is 0 Å². The summed E-state index contributed by atoms with van der Waals surface area (Å²) in [7, 11) is -3.29. The van der Waals surface area contributed by atoms with Crippen LogP contribution in [0.15, 0.2) is 60.7 Å². The van der Waals surface area contributed by atoms with Crippen LogP contribution in [0, 0.1) is 5.92 Å². The fourth-order valence-electron chi connectivity index (χ4n) is 3.68. The molecule has 0 bridgehead atoms. The van der Waals surface area contributed by atoms with Crippen LogP contribution in [0.3, 0.4) is 0 Å². The molecular weight excluding hydrogens is 487 g/mol. The van der Waals surface area contributed by atoms with Gasteiger partial charge in [0, 0.05) is 31.6 Å². The summed E-state index contributed by atoms with van der Waals surface area (Å²) in [6, 6.07) is 20.0. The number of hydrogen-bond donors (Lipinski definition) is 4. The smallest absolute Gasteiger partial charge is 0.475 e. The molecule has 1 heterocycles. The lowest BCUT2D eigenvalue weighted by molar-refractivity contribution is -0.192. The summed E-state index contributed by atoms with van der Waals surface area (Å²) in [5, 5.41) is 13.4. The normalized spacial score (nSPS) is 18.3. The summed E-state index contributed by atoms with van der Waals surface area (Å²) in [6.45, 7) is 1.58. The van der Waals surface area contributed by atoms with Crippen molar-refractivity contribution in [2.45, 2.75) is 24.6 Å². The van der Waals surface area contributed by atoms with E-state index in [1.54, 1.807) is 0 Å². The fourth-order valence-corrected chi connectivity index (χ4v) is 4.47. The number of benzene rings is 2. The Morgan fingerprint density at radius 2 is 1.51 bits per heavy atom. The fraction of sp³-hybridized carbons (Fsp3) is 0.391. The third kappa shape index (κ3) is 10.0. The zero-order valence-corrected chi connectivity index (χ0v) is 19.8. The van der Waals surface area contributed by atoms with Crippen molar-refractivity contribution in [2.24, 2.45) is 5.92 Å². The summed E-state index contributed by atoms with van der Waals surface area (Å²) in [5.41, 5.74) is 2.29. The molecule has 0 aromatic heterocycles. The van der Waals surface area contributed by atoms with Crippen molar-refractivity contribution >= 4 is 21.9 Å². The predicted molar refractivity (Wildman–Crippen MR) is 124 cm³/mol. The molecule has 8 nitrogen and oxygen atoms in total. The molecule has 4 N–H and O–H groups in total. The van der Waals surface area contributed by atoms with Crippen molar-refractivity contribution in [3.05, 3.63) is 71.8 Å². The van der Waals surface area contributed by atoms with Gasteiger partial charge in [0.15, 0.2) is 0 Å². The second-order valence-electron chi connectivity index (χ2n) is 8.10. The first-order valence-corrected chi connectivity index (χ1v) is 12.6. The number of aliphatic carboxylic acids is 1. The molecule has 1 fully saturated rings. The molecule has 0 unspecified atom stereocenters. The van der Waals surface area contributed by atoms with Gasteiger partial charge < -0.3 is 15.7 Å². The lowest BCUT2D eigenvalue weighted by Gasteiger charge is -2.30. The number of carboxylic acid groups (broad SMARTS) is 1. The number of carbonyl (C=O) groups excluding carboxylic acids is 1. The molecule has 1 aliphatic rings. The Bertz CT molecular complexity index is 1030. The molecular formula is C23H28F3N3O5S. The molecule has 2 aromatic rings. The van der Waals surface area contributed by atoms with Crippen LogP contribution in [0.2, 0.25) is 0 Å². The largest absolute Gasteiger partial charge is 0.490 e. The van der Waals surface area contributed by atoms with Crippen molar-refractivity contribution in [3.8, 4) is 0 Å². The van der Waals surface area contributed by atoms with Gasteiger partial charge in [0.1, 0.15) is 0 Å². The van der Waals surface area contributed by atoms with Crippen LogP contribution in [0.1, 0.15) is 23.5 Å². The Morgan fingerprint density at radius 3 is 1.94 bits per heavy atom. The van der Waals surface area contributed by atoms with Crippen LogP contribution in [0.5, 0.6) is 0 Å². The number of carbonyl (C=O) groups is 2. The Labute approximate surface area is 202 Å². The highest BCUT2D eigenvalue weighted by Crippen LogP contribution is 2.24. The van der Waals surface area contributed by atoms with Crippen molar-refractivity contribution in [3.63, 3.8) is 0 Å². The van der Waals surface area contributed by atoms with Gasteiger partial charge in [0.05, 0.1) is 12.2 Å². The SMILES string of the molecule is CS(=O)(=O)N[C@H]1CNC[C@@H](C(=O)NCC(c2ccccc2)c2ccccc2)C1.O=C(O)C(F)(F)F. The van der Waals surface area contributed by atoms with Gasteiger partial charge in [-0.05, 0) is 17.5 Å². The van der Waals surface area contributed by atoms with Crippen molar-refractivity contribution in [2.75, 3.05) is 25.9 Å². The van der Waals surface area contributed by atoms with Gasteiger partial charge in [0.25, 0.3) is 0 Å². The molecule has 0 saturated carbocycles. The van der Waals surface area contributed by atoms with Gasteiger partial charge in [-0.15, -0.1) is 0 Å². The van der Waals surface area contributed by atoms with E-state index in [9.17, 15) is 26.4 Å². The van der Waals surface area contributed by atoms with Crippen LogP contribution in [-0.4, -0.2) is 63.5 Å². The maximum atomic E-state index is 12.7. The quantitative estimate of drug-likeness (QED) is 0.448. The second-order valence-corrected chi connectivity index (χ2v) is 9.88. The van der Waals surface area contributed by atoms with Crippen LogP contribution in [0.4, 0.5) is 13.2 Å². The Balaban J connectivity index is 0.000000540. The van der Waals surface area contributed by atoms with Gasteiger partial charge in [-0.3, -0.25) is 4.79 Å². The standard InChI is InChI=1S/C21H27N3O3S.C2HF3O2/c1-28(26,27)24-19-12-18(13-22-14-19)21(25)23-15-20(16-8-4-2-5-9-16)17-10-6-3-7-11-17;3-2(4,5)1(6)7/h2-11,18-20,22,24H,12-15H2,1H3,(H,23,25);(H,6,7)/t18-,19+;/m0./s1. The Morgan fingerprint density at radius 1 is 1.03 bits per heavy atom. The summed E-state index contributed by atoms with van der Waals surface area (Å²) < 4.78 is 57.3. The lowest BCUT2D eigenvalue weighted by atomic mass is 9.90. The number of sulfonamides is 1. The number of alkyl halides is 3. The van der Waals surface area contributed by atoms with Gasteiger partial charge >= 0.3 is 12.1 Å². The molecule has 1 amide bonds. The Hall–Kier alpha value is -2.96. The third-order valence-corrected chi connectivity index (χ3v) is 5.99. The minimum Gasteiger partial charge on any atom is -0.475 e. The predicted octanol–water partition coefficient (Wildman–Crippen LogP) is 2.10. The van der Waals surface area contributed by atoms with E-state index >= 15 is 0 Å². The molecule has 192 valence electrons. The topological polar surface area (TPSA) is 125 Å². The minimum atomic E-state index is -5.08. The zero-order valence-electron chi connectivity index (χ0n) is 19.0. The van der Waals surface area contributed by atoms with Crippen LogP contribution < -0.4 is 15.4 Å². The minimum absolute atomic E-state index is 0.0515. The number of nitrogens with one attached hydrogen (secondary N) is 3. The first-order chi connectivity index (χ1) is 16.4. The van der Waals surface area contributed by atoms with E-state index in [-0.39, 0.29) is 23.8 Å². The molecule has 12 heteroatoms. The maximum absolute atomic E-state index is 12.7. The molecule has 2 aromatic carbocycles. The highest BCUT2D eigenvalue weighted by molar-refractivity contribution is 7.88. The van der Waals surface area contributed by atoms with Crippen molar-refractivity contribution < 1.29 is 36.3 Å². The average molecular weight is 516 g/mol. The molecule has 0 aliphatic carbocycles. The van der Waals surface area contributed by atoms with Gasteiger partial charge in [-0.2, -0.15) is 13.2 Å². The zero-order chi connectivity index (χ0) is 26.1. The third-order valence-electron chi connectivity index (χ3n) is 5.23. The molecule has 1 saturated heterocycles. The molecule has 35 heavy (non-hydrogen) atoms. The number of rotatable bonds is 7.